The van der Waals surface area contributed by atoms with E-state index in [1.54, 1.807) is 11.7 Å². The maximum Gasteiger partial charge on any atom is 0.334 e. The van der Waals surface area contributed by atoms with Gasteiger partial charge in [-0.15, -0.1) is 0 Å². The minimum Gasteiger partial charge on any atom is -0.350 e. The number of aryl methyl sites for hydroxylation is 3. The minimum absolute atomic E-state index is 0.109. The van der Waals surface area contributed by atoms with Gasteiger partial charge in [0.25, 0.3) is 0 Å². The average molecular weight is 302 g/mol. The summed E-state index contributed by atoms with van der Waals surface area (Å²) in [6, 6.07) is 8.33. The molecule has 0 amide bonds. The van der Waals surface area contributed by atoms with Gasteiger partial charge in [-0.25, -0.2) is 4.68 Å². The van der Waals surface area contributed by atoms with Gasteiger partial charge in [0.1, 0.15) is 5.69 Å². The summed E-state index contributed by atoms with van der Waals surface area (Å²) >= 11 is 0. The van der Waals surface area contributed by atoms with E-state index in [1.807, 2.05) is 18.9 Å². The van der Waals surface area contributed by atoms with E-state index in [2.05, 4.69) is 36.3 Å². The zero-order valence-electron chi connectivity index (χ0n) is 13.5. The Morgan fingerprint density at radius 2 is 1.77 bits per heavy atom. The summed E-state index contributed by atoms with van der Waals surface area (Å²) in [4.78, 5) is 12.9. The Kier molecular flexibility index (Phi) is 4.80. The van der Waals surface area contributed by atoms with Crippen molar-refractivity contribution in [3.05, 3.63) is 51.2 Å². The lowest BCUT2D eigenvalue weighted by molar-refractivity contribution is -0.384. The number of rotatable bonds is 6. The van der Waals surface area contributed by atoms with E-state index in [1.165, 1.54) is 5.56 Å². The molecule has 0 aliphatic heterocycles. The van der Waals surface area contributed by atoms with E-state index < -0.39 is 0 Å². The predicted molar refractivity (Wildman–Crippen MR) is 87.2 cm³/mol. The lowest BCUT2D eigenvalue weighted by Gasteiger charge is -2.18. The van der Waals surface area contributed by atoms with Crippen molar-refractivity contribution in [3.8, 4) is 0 Å². The molecule has 2 rings (SSSR count). The minimum atomic E-state index is -0.335. The monoisotopic (exact) mass is 302 g/mol. The molecule has 2 aromatic rings. The highest BCUT2D eigenvalue weighted by atomic mass is 16.6. The third-order valence-electron chi connectivity index (χ3n) is 3.79. The summed E-state index contributed by atoms with van der Waals surface area (Å²) in [7, 11) is 3.61. The van der Waals surface area contributed by atoms with Crippen LogP contribution in [0.1, 0.15) is 30.7 Å². The van der Waals surface area contributed by atoms with Gasteiger partial charge in [0, 0.05) is 20.6 Å². The summed E-state index contributed by atoms with van der Waals surface area (Å²) in [5.74, 6) is 0.543. The molecule has 0 N–H and O–H groups in total. The van der Waals surface area contributed by atoms with Crippen molar-refractivity contribution in [2.24, 2.45) is 7.05 Å². The van der Waals surface area contributed by atoms with Crippen molar-refractivity contribution in [1.82, 2.24) is 9.78 Å². The third-order valence-corrected chi connectivity index (χ3v) is 3.79. The van der Waals surface area contributed by atoms with Crippen LogP contribution < -0.4 is 4.90 Å². The van der Waals surface area contributed by atoms with Crippen LogP contribution in [0.5, 0.6) is 0 Å². The summed E-state index contributed by atoms with van der Waals surface area (Å²) in [5.41, 5.74) is 3.03. The number of hydrogen-bond donors (Lipinski definition) is 0. The Morgan fingerprint density at radius 1 is 1.18 bits per heavy atom. The van der Waals surface area contributed by atoms with Gasteiger partial charge >= 0.3 is 5.69 Å². The number of hydrogen-bond acceptors (Lipinski definition) is 4. The van der Waals surface area contributed by atoms with E-state index in [9.17, 15) is 10.1 Å². The summed E-state index contributed by atoms with van der Waals surface area (Å²) < 4.78 is 1.59. The van der Waals surface area contributed by atoms with Crippen LogP contribution in [0.15, 0.2) is 24.3 Å². The van der Waals surface area contributed by atoms with Crippen LogP contribution in [0.25, 0.3) is 0 Å². The molecule has 0 atom stereocenters. The van der Waals surface area contributed by atoms with Gasteiger partial charge in [-0.05, 0) is 24.0 Å². The van der Waals surface area contributed by atoms with Gasteiger partial charge in [0.05, 0.1) is 4.92 Å². The van der Waals surface area contributed by atoms with Crippen molar-refractivity contribution in [2.45, 2.75) is 33.2 Å². The molecule has 0 aliphatic rings. The second-order valence-electron chi connectivity index (χ2n) is 5.38. The standard InChI is InChI=1S/C16H22N4O2/c1-5-12-7-9-13(10-8-12)11-18(3)16-15(20(21)22)14(6-2)17-19(16)4/h7-10H,5-6,11H2,1-4H3. The van der Waals surface area contributed by atoms with Crippen LogP contribution in [-0.2, 0) is 26.4 Å². The molecule has 0 bridgehead atoms. The highest BCUT2D eigenvalue weighted by molar-refractivity contribution is 5.61. The topological polar surface area (TPSA) is 64.2 Å². The highest BCUT2D eigenvalue weighted by Gasteiger charge is 2.28. The van der Waals surface area contributed by atoms with Crippen molar-refractivity contribution < 1.29 is 4.92 Å². The molecule has 0 saturated carbocycles. The van der Waals surface area contributed by atoms with Crippen molar-refractivity contribution in [1.29, 1.82) is 0 Å². The molecule has 6 heteroatoms. The fraction of sp³-hybridized carbons (Fsp3) is 0.438. The van der Waals surface area contributed by atoms with Crippen molar-refractivity contribution >= 4 is 11.5 Å². The number of benzene rings is 1. The Bertz CT molecular complexity index is 662. The first kappa shape index (κ1) is 16.0. The smallest absolute Gasteiger partial charge is 0.334 e. The van der Waals surface area contributed by atoms with Gasteiger partial charge in [-0.1, -0.05) is 38.1 Å². The van der Waals surface area contributed by atoms with Crippen molar-refractivity contribution in [2.75, 3.05) is 11.9 Å². The molecule has 0 radical (unpaired) electrons. The summed E-state index contributed by atoms with van der Waals surface area (Å²) in [6.07, 6.45) is 1.55. The number of aromatic nitrogens is 2. The normalized spacial score (nSPS) is 10.7. The van der Waals surface area contributed by atoms with Crippen LogP contribution in [-0.4, -0.2) is 21.8 Å². The lowest BCUT2D eigenvalue weighted by Crippen LogP contribution is -2.20. The molecule has 118 valence electrons. The average Bonchev–Trinajstić information content (AvgIpc) is 2.85. The summed E-state index contributed by atoms with van der Waals surface area (Å²) in [5, 5.41) is 15.7. The Labute approximate surface area is 130 Å². The van der Waals surface area contributed by atoms with Crippen molar-refractivity contribution in [3.63, 3.8) is 0 Å². The van der Waals surface area contributed by atoms with E-state index in [0.717, 1.165) is 12.0 Å². The van der Waals surface area contributed by atoms with Gasteiger partial charge in [0.15, 0.2) is 0 Å². The molecule has 1 aromatic heterocycles. The maximum atomic E-state index is 11.4. The molecular formula is C16H22N4O2. The zero-order chi connectivity index (χ0) is 16.3. The molecule has 0 saturated heterocycles. The van der Waals surface area contributed by atoms with Gasteiger partial charge in [-0.2, -0.15) is 5.10 Å². The van der Waals surface area contributed by atoms with Crippen LogP contribution in [0.2, 0.25) is 0 Å². The van der Waals surface area contributed by atoms with Crippen LogP contribution in [0, 0.1) is 10.1 Å². The van der Waals surface area contributed by atoms with Gasteiger partial charge in [-0.3, -0.25) is 10.1 Å². The molecule has 1 aromatic carbocycles. The lowest BCUT2D eigenvalue weighted by atomic mass is 10.1. The zero-order valence-corrected chi connectivity index (χ0v) is 13.5. The van der Waals surface area contributed by atoms with E-state index in [0.29, 0.717) is 24.5 Å². The largest absolute Gasteiger partial charge is 0.350 e. The summed E-state index contributed by atoms with van der Waals surface area (Å²) in [6.45, 7) is 4.60. The molecule has 22 heavy (non-hydrogen) atoms. The molecule has 0 aliphatic carbocycles. The Hall–Kier alpha value is -2.37. The highest BCUT2D eigenvalue weighted by Crippen LogP contribution is 2.31. The quantitative estimate of drug-likeness (QED) is 0.607. The van der Waals surface area contributed by atoms with Crippen LogP contribution in [0.4, 0.5) is 11.5 Å². The second kappa shape index (κ2) is 6.60. The second-order valence-corrected chi connectivity index (χ2v) is 5.38. The van der Waals surface area contributed by atoms with E-state index in [4.69, 9.17) is 0 Å². The van der Waals surface area contributed by atoms with E-state index in [-0.39, 0.29) is 10.6 Å². The maximum absolute atomic E-state index is 11.4. The fourth-order valence-electron chi connectivity index (χ4n) is 2.64. The fourth-order valence-corrected chi connectivity index (χ4v) is 2.64. The first-order chi connectivity index (χ1) is 10.5. The molecule has 0 unspecified atom stereocenters. The molecular weight excluding hydrogens is 280 g/mol. The molecule has 0 spiro atoms. The number of nitrogens with zero attached hydrogens (tertiary/aromatic N) is 4. The van der Waals surface area contributed by atoms with Gasteiger partial charge in [0.2, 0.25) is 5.82 Å². The predicted octanol–water partition coefficient (Wildman–Crippen LogP) is 3.09. The SMILES string of the molecule is CCc1ccc(CN(C)c2c([N+](=O)[O-])c(CC)nn2C)cc1. The van der Waals surface area contributed by atoms with Crippen LogP contribution in [0.3, 0.4) is 0 Å². The first-order valence-corrected chi connectivity index (χ1v) is 7.47. The molecule has 0 fully saturated rings. The number of nitro groups is 1. The molecule has 1 heterocycles. The molecule has 6 nitrogen and oxygen atoms in total. The Morgan fingerprint density at radius 3 is 2.27 bits per heavy atom. The van der Waals surface area contributed by atoms with E-state index >= 15 is 0 Å². The Balaban J connectivity index is 2.30. The number of anilines is 1. The van der Waals surface area contributed by atoms with Crippen LogP contribution >= 0.6 is 0 Å². The van der Waals surface area contributed by atoms with Gasteiger partial charge < -0.3 is 4.90 Å². The third kappa shape index (κ3) is 3.10. The first-order valence-electron chi connectivity index (χ1n) is 7.47.